The molecule has 192 valence electrons. The number of carbonyl (C=O) groups is 2. The Hall–Kier alpha value is -4.06. The Bertz CT molecular complexity index is 1380. The van der Waals surface area contributed by atoms with E-state index in [4.69, 9.17) is 9.47 Å². The zero-order chi connectivity index (χ0) is 26.9. The summed E-state index contributed by atoms with van der Waals surface area (Å²) in [5, 5.41) is 11.6. The van der Waals surface area contributed by atoms with Crippen molar-refractivity contribution in [3.63, 3.8) is 0 Å². The van der Waals surface area contributed by atoms with Gasteiger partial charge >= 0.3 is 0 Å². The Morgan fingerprint density at radius 3 is 2.30 bits per heavy atom. The molecular formula is C31H33NO5. The summed E-state index contributed by atoms with van der Waals surface area (Å²) in [5.74, 6) is -0.454. The third kappa shape index (κ3) is 4.71. The fourth-order valence-corrected chi connectivity index (χ4v) is 4.80. The summed E-state index contributed by atoms with van der Waals surface area (Å²) < 4.78 is 11.4. The quantitative estimate of drug-likeness (QED) is 0.244. The van der Waals surface area contributed by atoms with Gasteiger partial charge < -0.3 is 14.6 Å². The van der Waals surface area contributed by atoms with Gasteiger partial charge in [0, 0.05) is 22.4 Å². The minimum absolute atomic E-state index is 0.0155. The molecule has 1 fully saturated rings. The molecule has 3 aromatic rings. The van der Waals surface area contributed by atoms with Crippen molar-refractivity contribution >= 4 is 23.1 Å². The molecule has 0 aliphatic carbocycles. The lowest BCUT2D eigenvalue weighted by atomic mass is 9.84. The van der Waals surface area contributed by atoms with Crippen molar-refractivity contribution in [2.45, 2.75) is 46.1 Å². The average molecular weight is 500 g/mol. The molecule has 1 heterocycles. The van der Waals surface area contributed by atoms with E-state index in [-0.39, 0.29) is 16.7 Å². The summed E-state index contributed by atoms with van der Waals surface area (Å²) in [6, 6.07) is 19.1. The first-order valence-corrected chi connectivity index (χ1v) is 12.4. The van der Waals surface area contributed by atoms with Gasteiger partial charge in [0.25, 0.3) is 11.7 Å². The smallest absolute Gasteiger partial charge is 0.300 e. The highest BCUT2D eigenvalue weighted by Crippen LogP contribution is 2.46. The summed E-state index contributed by atoms with van der Waals surface area (Å²) >= 11 is 0. The Labute approximate surface area is 218 Å². The summed E-state index contributed by atoms with van der Waals surface area (Å²) in [6.07, 6.45) is 0. The predicted molar refractivity (Wildman–Crippen MR) is 145 cm³/mol. The second-order valence-corrected chi connectivity index (χ2v) is 10.1. The largest absolute Gasteiger partial charge is 0.507 e. The number of benzene rings is 3. The molecule has 0 bridgehead atoms. The molecule has 1 saturated heterocycles. The Balaban J connectivity index is 2.00. The number of ketones is 1. The van der Waals surface area contributed by atoms with Crippen LogP contribution >= 0.6 is 0 Å². The lowest BCUT2D eigenvalue weighted by molar-refractivity contribution is -0.132. The van der Waals surface area contributed by atoms with Gasteiger partial charge in [0.05, 0.1) is 25.3 Å². The van der Waals surface area contributed by atoms with Gasteiger partial charge in [0.1, 0.15) is 17.3 Å². The number of hydrogen-bond acceptors (Lipinski definition) is 5. The highest BCUT2D eigenvalue weighted by molar-refractivity contribution is 6.51. The molecule has 6 nitrogen and oxygen atoms in total. The summed E-state index contributed by atoms with van der Waals surface area (Å²) in [4.78, 5) is 28.6. The Morgan fingerprint density at radius 1 is 0.973 bits per heavy atom. The number of aryl methyl sites for hydroxylation is 1. The fraction of sp³-hybridized carbons (Fsp3) is 0.290. The number of amides is 1. The minimum Gasteiger partial charge on any atom is -0.507 e. The van der Waals surface area contributed by atoms with Crippen LogP contribution in [-0.4, -0.2) is 30.5 Å². The Morgan fingerprint density at radius 2 is 1.65 bits per heavy atom. The van der Waals surface area contributed by atoms with Crippen LogP contribution in [0.3, 0.4) is 0 Å². The van der Waals surface area contributed by atoms with E-state index >= 15 is 0 Å². The van der Waals surface area contributed by atoms with Gasteiger partial charge in [-0.1, -0.05) is 57.2 Å². The number of methoxy groups -OCH3 is 1. The molecule has 0 aromatic heterocycles. The zero-order valence-electron chi connectivity index (χ0n) is 22.2. The third-order valence-electron chi connectivity index (χ3n) is 6.61. The van der Waals surface area contributed by atoms with E-state index in [1.807, 2.05) is 56.3 Å². The number of aliphatic hydroxyl groups excluding tert-OH is 1. The molecule has 3 aromatic carbocycles. The molecule has 37 heavy (non-hydrogen) atoms. The normalized spacial score (nSPS) is 17.2. The van der Waals surface area contributed by atoms with Crippen LogP contribution in [0.25, 0.3) is 5.76 Å². The lowest BCUT2D eigenvalue weighted by Crippen LogP contribution is -2.30. The molecule has 1 amide bonds. The van der Waals surface area contributed by atoms with Crippen LogP contribution in [0.5, 0.6) is 11.5 Å². The number of Topliss-reactive ketones (excluding diaryl/α,β-unsaturated/α-hetero) is 1. The zero-order valence-corrected chi connectivity index (χ0v) is 22.2. The maximum atomic E-state index is 13.6. The van der Waals surface area contributed by atoms with Crippen molar-refractivity contribution in [1.29, 1.82) is 0 Å². The molecular weight excluding hydrogens is 466 g/mol. The number of para-hydroxylation sites is 2. The van der Waals surface area contributed by atoms with E-state index in [1.54, 1.807) is 31.4 Å². The van der Waals surface area contributed by atoms with Gasteiger partial charge in [-0.05, 0) is 55.2 Å². The van der Waals surface area contributed by atoms with Crippen molar-refractivity contribution in [3.05, 3.63) is 94.6 Å². The molecule has 0 spiro atoms. The van der Waals surface area contributed by atoms with Crippen molar-refractivity contribution < 1.29 is 24.2 Å². The first-order chi connectivity index (χ1) is 17.6. The van der Waals surface area contributed by atoms with E-state index in [9.17, 15) is 14.7 Å². The standard InChI is InChI=1S/C31H33NO5/c1-7-37-25-17-16-20(18-22(25)31(3,4)5)28(33)26-27(21-13-9-11-15-24(21)36-6)32(30(35)29(26)34)23-14-10-8-12-19(23)2/h8-18,27,33H,7H2,1-6H3/b28-26+. The van der Waals surface area contributed by atoms with Gasteiger partial charge in [-0.2, -0.15) is 0 Å². The Kier molecular flexibility index (Phi) is 7.12. The van der Waals surface area contributed by atoms with E-state index in [0.717, 1.165) is 11.1 Å². The van der Waals surface area contributed by atoms with Crippen LogP contribution in [0.4, 0.5) is 5.69 Å². The highest BCUT2D eigenvalue weighted by Gasteiger charge is 2.48. The lowest BCUT2D eigenvalue weighted by Gasteiger charge is -2.28. The molecule has 1 unspecified atom stereocenters. The number of ether oxygens (including phenoxy) is 2. The van der Waals surface area contributed by atoms with Gasteiger partial charge in [0.2, 0.25) is 0 Å². The van der Waals surface area contributed by atoms with Crippen molar-refractivity contribution in [2.75, 3.05) is 18.6 Å². The first-order valence-electron chi connectivity index (χ1n) is 12.4. The molecule has 1 atom stereocenters. The summed E-state index contributed by atoms with van der Waals surface area (Å²) in [5.41, 5.74) is 3.10. The number of carbonyl (C=O) groups excluding carboxylic acids is 2. The van der Waals surface area contributed by atoms with Crippen LogP contribution in [-0.2, 0) is 15.0 Å². The number of hydrogen-bond donors (Lipinski definition) is 1. The fourth-order valence-electron chi connectivity index (χ4n) is 4.80. The highest BCUT2D eigenvalue weighted by atomic mass is 16.5. The molecule has 1 aliphatic heterocycles. The maximum absolute atomic E-state index is 13.6. The van der Waals surface area contributed by atoms with Crippen molar-refractivity contribution in [2.24, 2.45) is 0 Å². The van der Waals surface area contributed by atoms with Gasteiger partial charge in [-0.15, -0.1) is 0 Å². The molecule has 1 N–H and O–H groups in total. The second kappa shape index (κ2) is 10.1. The van der Waals surface area contributed by atoms with Crippen LogP contribution in [0, 0.1) is 6.92 Å². The van der Waals surface area contributed by atoms with Crippen molar-refractivity contribution in [3.8, 4) is 11.5 Å². The number of anilines is 1. The van der Waals surface area contributed by atoms with E-state index in [1.165, 1.54) is 4.90 Å². The van der Waals surface area contributed by atoms with Crippen LogP contribution < -0.4 is 14.4 Å². The maximum Gasteiger partial charge on any atom is 0.300 e. The number of aliphatic hydroxyl groups is 1. The molecule has 1 aliphatic rings. The predicted octanol–water partition coefficient (Wildman–Crippen LogP) is 6.33. The van der Waals surface area contributed by atoms with Gasteiger partial charge in [-0.25, -0.2) is 0 Å². The van der Waals surface area contributed by atoms with Gasteiger partial charge in [-0.3, -0.25) is 14.5 Å². The summed E-state index contributed by atoms with van der Waals surface area (Å²) in [6.45, 7) is 10.5. The molecule has 6 heteroatoms. The second-order valence-electron chi connectivity index (χ2n) is 10.1. The van der Waals surface area contributed by atoms with E-state index < -0.39 is 17.7 Å². The topological polar surface area (TPSA) is 76.1 Å². The summed E-state index contributed by atoms with van der Waals surface area (Å²) in [7, 11) is 1.54. The van der Waals surface area contributed by atoms with E-state index in [2.05, 4.69) is 20.8 Å². The van der Waals surface area contributed by atoms with Crippen LogP contribution in [0.15, 0.2) is 72.3 Å². The number of nitrogens with zero attached hydrogens (tertiary/aromatic N) is 1. The molecule has 4 rings (SSSR count). The third-order valence-corrected chi connectivity index (χ3v) is 6.61. The van der Waals surface area contributed by atoms with Crippen LogP contribution in [0.2, 0.25) is 0 Å². The van der Waals surface area contributed by atoms with Crippen molar-refractivity contribution in [1.82, 2.24) is 0 Å². The minimum atomic E-state index is -0.873. The van der Waals surface area contributed by atoms with Gasteiger partial charge in [0.15, 0.2) is 0 Å². The first kappa shape index (κ1) is 26.0. The molecule has 0 radical (unpaired) electrons. The SMILES string of the molecule is CCOc1ccc(/C(O)=C2\C(=O)C(=O)N(c3ccccc3C)C2c2ccccc2OC)cc1C(C)(C)C. The number of rotatable bonds is 6. The average Bonchev–Trinajstić information content (AvgIpc) is 3.13. The van der Waals surface area contributed by atoms with Crippen LogP contribution in [0.1, 0.15) is 56.0 Å². The van der Waals surface area contributed by atoms with E-state index in [0.29, 0.717) is 34.9 Å². The monoisotopic (exact) mass is 499 g/mol. The molecule has 0 saturated carbocycles.